The molecule has 3 aromatic rings. The lowest BCUT2D eigenvalue weighted by molar-refractivity contribution is 0.0643. The maximum atomic E-state index is 13.7. The molecule has 2 aromatic carbocycles. The minimum absolute atomic E-state index is 0.241. The van der Waals surface area contributed by atoms with Gasteiger partial charge in [-0.15, -0.1) is 0 Å². The van der Waals surface area contributed by atoms with Crippen molar-refractivity contribution in [3.8, 4) is 0 Å². The first kappa shape index (κ1) is 23.6. The molecule has 3 rings (SSSR count). The number of anilines is 1. The van der Waals surface area contributed by atoms with Gasteiger partial charge in [0.1, 0.15) is 17.2 Å². The van der Waals surface area contributed by atoms with Crippen LogP contribution < -0.4 is 16.1 Å². The molecule has 1 aromatic heterocycles. The molecule has 3 amide bonds. The van der Waals surface area contributed by atoms with Gasteiger partial charge in [-0.3, -0.25) is 25.4 Å². The van der Waals surface area contributed by atoms with Gasteiger partial charge in [-0.2, -0.15) is 0 Å². The number of amides is 3. The number of allylic oxidation sites excluding steroid dienone is 1. The van der Waals surface area contributed by atoms with Crippen LogP contribution in [0, 0.1) is 11.6 Å². The molecule has 0 aliphatic rings. The standard InChI is InChI=1S/C24H22F2N4O3/c1-2-6-21(20-9-3-4-14-27-20)30-33-15-16-10-12-17(13-11-16)28-24(32)29-23(31)22-18(25)7-5-8-19(22)26/h3-14,30H,2,15H2,1H3,(H2,28,29,31,32). The van der Waals surface area contributed by atoms with Gasteiger partial charge in [0.2, 0.25) is 0 Å². The number of rotatable bonds is 8. The predicted molar refractivity (Wildman–Crippen MR) is 120 cm³/mol. The summed E-state index contributed by atoms with van der Waals surface area (Å²) in [5.41, 5.74) is 4.78. The third kappa shape index (κ3) is 6.68. The van der Waals surface area contributed by atoms with E-state index < -0.39 is 29.1 Å². The van der Waals surface area contributed by atoms with Gasteiger partial charge in [-0.25, -0.2) is 13.6 Å². The molecule has 0 atom stereocenters. The maximum absolute atomic E-state index is 13.7. The zero-order valence-corrected chi connectivity index (χ0v) is 17.8. The van der Waals surface area contributed by atoms with Crippen molar-refractivity contribution in [1.29, 1.82) is 0 Å². The second-order valence-electron chi connectivity index (χ2n) is 6.83. The van der Waals surface area contributed by atoms with E-state index in [1.165, 1.54) is 0 Å². The van der Waals surface area contributed by atoms with E-state index in [1.807, 2.05) is 36.5 Å². The monoisotopic (exact) mass is 452 g/mol. The fourth-order valence-corrected chi connectivity index (χ4v) is 2.85. The van der Waals surface area contributed by atoms with Crippen LogP contribution in [0.2, 0.25) is 0 Å². The number of benzene rings is 2. The lowest BCUT2D eigenvalue weighted by Gasteiger charge is -2.11. The van der Waals surface area contributed by atoms with Crippen LogP contribution in [0.1, 0.15) is 35.0 Å². The molecule has 33 heavy (non-hydrogen) atoms. The highest BCUT2D eigenvalue weighted by molar-refractivity contribution is 6.08. The number of halogens is 2. The SMILES string of the molecule is CCC=C(NOCc1ccc(NC(=O)NC(=O)c2c(F)cccc2F)cc1)c1ccccn1. The Balaban J connectivity index is 1.51. The molecule has 0 radical (unpaired) electrons. The van der Waals surface area contributed by atoms with Crippen LogP contribution in [0.4, 0.5) is 19.3 Å². The van der Waals surface area contributed by atoms with Crippen molar-refractivity contribution in [2.75, 3.05) is 5.32 Å². The van der Waals surface area contributed by atoms with Crippen LogP contribution in [0.25, 0.3) is 5.70 Å². The summed E-state index contributed by atoms with van der Waals surface area (Å²) in [6, 6.07) is 14.3. The first-order valence-corrected chi connectivity index (χ1v) is 10.1. The number of carbonyl (C=O) groups excluding carboxylic acids is 2. The smallest absolute Gasteiger partial charge is 0.308 e. The quantitative estimate of drug-likeness (QED) is 0.427. The molecule has 0 bridgehead atoms. The van der Waals surface area contributed by atoms with Crippen LogP contribution in [0.5, 0.6) is 0 Å². The number of nitrogens with zero attached hydrogens (tertiary/aromatic N) is 1. The van der Waals surface area contributed by atoms with Gasteiger partial charge in [-0.05, 0) is 48.4 Å². The van der Waals surface area contributed by atoms with E-state index in [0.29, 0.717) is 5.69 Å². The van der Waals surface area contributed by atoms with Crippen molar-refractivity contribution in [2.24, 2.45) is 0 Å². The van der Waals surface area contributed by atoms with Crippen LogP contribution in [-0.2, 0) is 11.4 Å². The lowest BCUT2D eigenvalue weighted by Crippen LogP contribution is -2.35. The largest absolute Gasteiger partial charge is 0.326 e. The Morgan fingerprint density at radius 1 is 1.00 bits per heavy atom. The number of nitrogens with one attached hydrogen (secondary N) is 3. The number of hydroxylamine groups is 1. The molecular formula is C24H22F2N4O3. The maximum Gasteiger partial charge on any atom is 0.326 e. The van der Waals surface area contributed by atoms with Gasteiger partial charge in [0.05, 0.1) is 18.0 Å². The molecule has 0 fully saturated rings. The molecule has 3 N–H and O–H groups in total. The van der Waals surface area contributed by atoms with Gasteiger partial charge >= 0.3 is 6.03 Å². The molecule has 1 heterocycles. The predicted octanol–water partition coefficient (Wildman–Crippen LogP) is 4.79. The van der Waals surface area contributed by atoms with Gasteiger partial charge < -0.3 is 5.32 Å². The fourth-order valence-electron chi connectivity index (χ4n) is 2.85. The molecule has 7 nitrogen and oxygen atoms in total. The van der Waals surface area contributed by atoms with Gasteiger partial charge in [-0.1, -0.05) is 37.3 Å². The highest BCUT2D eigenvalue weighted by Gasteiger charge is 2.19. The highest BCUT2D eigenvalue weighted by atomic mass is 19.1. The molecule has 170 valence electrons. The van der Waals surface area contributed by atoms with Crippen molar-refractivity contribution in [1.82, 2.24) is 15.8 Å². The van der Waals surface area contributed by atoms with E-state index in [1.54, 1.807) is 30.5 Å². The van der Waals surface area contributed by atoms with E-state index in [-0.39, 0.29) is 6.61 Å². The molecule has 0 saturated carbocycles. The summed E-state index contributed by atoms with van der Waals surface area (Å²) in [6.45, 7) is 2.25. The van der Waals surface area contributed by atoms with Gasteiger partial charge in [0.25, 0.3) is 5.91 Å². The summed E-state index contributed by atoms with van der Waals surface area (Å²) in [4.78, 5) is 33.8. The zero-order valence-electron chi connectivity index (χ0n) is 17.8. The zero-order chi connectivity index (χ0) is 23.6. The molecule has 0 saturated heterocycles. The summed E-state index contributed by atoms with van der Waals surface area (Å²) >= 11 is 0. The number of aromatic nitrogens is 1. The third-order valence-electron chi connectivity index (χ3n) is 4.40. The number of imide groups is 1. The molecule has 0 spiro atoms. The van der Waals surface area contributed by atoms with E-state index in [2.05, 4.69) is 15.8 Å². The Morgan fingerprint density at radius 2 is 1.73 bits per heavy atom. The van der Waals surface area contributed by atoms with Crippen molar-refractivity contribution < 1.29 is 23.2 Å². The van der Waals surface area contributed by atoms with Gasteiger partial charge in [0, 0.05) is 11.9 Å². The third-order valence-corrected chi connectivity index (χ3v) is 4.40. The second-order valence-corrected chi connectivity index (χ2v) is 6.83. The summed E-state index contributed by atoms with van der Waals surface area (Å²) in [5.74, 6) is -3.29. The summed E-state index contributed by atoms with van der Waals surface area (Å²) < 4.78 is 27.3. The Bertz CT molecular complexity index is 1120. The van der Waals surface area contributed by atoms with Crippen LogP contribution in [0.15, 0.2) is 72.9 Å². The normalized spacial score (nSPS) is 11.1. The van der Waals surface area contributed by atoms with Crippen molar-refractivity contribution >= 4 is 23.3 Å². The van der Waals surface area contributed by atoms with Crippen LogP contribution in [-0.4, -0.2) is 16.9 Å². The number of urea groups is 1. The number of pyridine rings is 1. The number of carbonyl (C=O) groups is 2. The van der Waals surface area contributed by atoms with E-state index in [4.69, 9.17) is 4.84 Å². The average molecular weight is 452 g/mol. The molecule has 0 aliphatic carbocycles. The minimum atomic E-state index is -1.18. The van der Waals surface area contributed by atoms with Crippen molar-refractivity contribution in [3.63, 3.8) is 0 Å². The first-order chi connectivity index (χ1) is 16.0. The summed E-state index contributed by atoms with van der Waals surface area (Å²) in [7, 11) is 0. The van der Waals surface area contributed by atoms with Crippen LogP contribution >= 0.6 is 0 Å². The molecule has 9 heteroatoms. The first-order valence-electron chi connectivity index (χ1n) is 10.1. The Hall–Kier alpha value is -4.11. The molecule has 0 unspecified atom stereocenters. The minimum Gasteiger partial charge on any atom is -0.308 e. The van der Waals surface area contributed by atoms with E-state index in [9.17, 15) is 18.4 Å². The molecule has 0 aliphatic heterocycles. The van der Waals surface area contributed by atoms with Crippen molar-refractivity contribution in [3.05, 3.63) is 101 Å². The van der Waals surface area contributed by atoms with Gasteiger partial charge in [0.15, 0.2) is 0 Å². The fraction of sp³-hybridized carbons (Fsp3) is 0.125. The Labute approximate surface area is 189 Å². The topological polar surface area (TPSA) is 92.4 Å². The summed E-state index contributed by atoms with van der Waals surface area (Å²) in [5, 5.41) is 4.33. The van der Waals surface area contributed by atoms with Crippen molar-refractivity contribution in [2.45, 2.75) is 20.0 Å². The number of hydrogen-bond donors (Lipinski definition) is 3. The number of hydrogen-bond acceptors (Lipinski definition) is 5. The second kappa shape index (κ2) is 11.5. The lowest BCUT2D eigenvalue weighted by atomic mass is 10.2. The van der Waals surface area contributed by atoms with Crippen LogP contribution in [0.3, 0.4) is 0 Å². The van der Waals surface area contributed by atoms with E-state index in [0.717, 1.165) is 41.6 Å². The highest BCUT2D eigenvalue weighted by Crippen LogP contribution is 2.14. The van der Waals surface area contributed by atoms with E-state index >= 15 is 0 Å². The summed E-state index contributed by atoms with van der Waals surface area (Å²) in [6.07, 6.45) is 4.46. The molecular weight excluding hydrogens is 430 g/mol. The Morgan fingerprint density at radius 3 is 2.36 bits per heavy atom. The Kier molecular flexibility index (Phi) is 8.20. The average Bonchev–Trinajstić information content (AvgIpc) is 2.80.